The highest BCUT2D eigenvalue weighted by molar-refractivity contribution is 7.80. The van der Waals surface area contributed by atoms with Crippen LogP contribution in [0.25, 0.3) is 0 Å². The van der Waals surface area contributed by atoms with Gasteiger partial charge in [-0.25, -0.2) is 0 Å². The van der Waals surface area contributed by atoms with Gasteiger partial charge in [-0.2, -0.15) is 0 Å². The number of benzene rings is 2. The monoisotopic (exact) mass is 430 g/mol. The predicted octanol–water partition coefficient (Wildman–Crippen LogP) is 2.82. The lowest BCUT2D eigenvalue weighted by Crippen LogP contribution is -2.49. The normalized spacial score (nSPS) is 11.1. The zero-order valence-corrected chi connectivity index (χ0v) is 17.3. The van der Waals surface area contributed by atoms with Gasteiger partial charge in [0.05, 0.1) is 4.92 Å². The number of para-hydroxylation sites is 1. The summed E-state index contributed by atoms with van der Waals surface area (Å²) in [7, 11) is 0. The first-order valence-electron chi connectivity index (χ1n) is 9.18. The second-order valence-corrected chi connectivity index (χ2v) is 6.81. The van der Waals surface area contributed by atoms with Crippen LogP contribution in [0.1, 0.15) is 42.1 Å². The summed E-state index contributed by atoms with van der Waals surface area (Å²) < 4.78 is 5.40. The number of thiocarbonyl (C=S) groups is 1. The molecule has 0 aliphatic heterocycles. The summed E-state index contributed by atoms with van der Waals surface area (Å²) in [6, 6.07) is 12.9. The number of nitro benzene ring substituents is 1. The Hall–Kier alpha value is -3.53. The van der Waals surface area contributed by atoms with Crippen molar-refractivity contribution in [2.45, 2.75) is 26.2 Å². The molecule has 0 aliphatic rings. The number of carbonyl (C=O) groups is 2. The molecule has 0 spiro atoms. The molecule has 1 atom stereocenters. The number of nitrogens with zero attached hydrogens (tertiary/aromatic N) is 1. The smallest absolute Gasteiger partial charge is 0.282 e. The van der Waals surface area contributed by atoms with Crippen molar-refractivity contribution in [3.8, 4) is 5.75 Å². The molecule has 0 heterocycles. The minimum absolute atomic E-state index is 0.151. The molecule has 1 unspecified atom stereocenters. The van der Waals surface area contributed by atoms with Crippen LogP contribution in [0.3, 0.4) is 0 Å². The average Bonchev–Trinajstić information content (AvgIpc) is 2.75. The van der Waals surface area contributed by atoms with E-state index in [2.05, 4.69) is 30.0 Å². The summed E-state index contributed by atoms with van der Waals surface area (Å²) in [5.74, 6) is -0.306. The molecule has 2 amide bonds. The van der Waals surface area contributed by atoms with Gasteiger partial charge in [-0.15, -0.1) is 0 Å². The lowest BCUT2D eigenvalue weighted by Gasteiger charge is -2.12. The fraction of sp³-hybridized carbons (Fsp3) is 0.250. The SMILES string of the molecule is CCC(C)c1ccc(OCC(=O)NNC(=S)NC(=O)c2ccccc2[N+](=O)[O-])cc1. The van der Waals surface area contributed by atoms with Crippen molar-refractivity contribution >= 4 is 34.8 Å². The Morgan fingerprint density at radius 2 is 1.80 bits per heavy atom. The number of hydrogen-bond acceptors (Lipinski definition) is 6. The van der Waals surface area contributed by atoms with Crippen LogP contribution in [-0.4, -0.2) is 28.5 Å². The van der Waals surface area contributed by atoms with Crippen molar-refractivity contribution in [2.24, 2.45) is 0 Å². The minimum Gasteiger partial charge on any atom is -0.484 e. The van der Waals surface area contributed by atoms with E-state index in [0.717, 1.165) is 6.42 Å². The molecule has 0 aliphatic carbocycles. The first-order chi connectivity index (χ1) is 14.3. The maximum absolute atomic E-state index is 12.2. The Morgan fingerprint density at radius 3 is 2.43 bits per heavy atom. The van der Waals surface area contributed by atoms with E-state index in [1.54, 1.807) is 12.1 Å². The molecule has 0 bridgehead atoms. The van der Waals surface area contributed by atoms with Crippen molar-refractivity contribution in [3.63, 3.8) is 0 Å². The molecule has 3 N–H and O–H groups in total. The summed E-state index contributed by atoms with van der Waals surface area (Å²) in [5.41, 5.74) is 5.32. The summed E-state index contributed by atoms with van der Waals surface area (Å²) >= 11 is 4.92. The molecule has 2 aromatic rings. The highest BCUT2D eigenvalue weighted by Gasteiger charge is 2.20. The number of hydrogen-bond donors (Lipinski definition) is 3. The van der Waals surface area contributed by atoms with Crippen LogP contribution in [0.4, 0.5) is 5.69 Å². The number of nitrogens with one attached hydrogen (secondary N) is 3. The van der Waals surface area contributed by atoms with Crippen LogP contribution in [0.5, 0.6) is 5.75 Å². The summed E-state index contributed by atoms with van der Waals surface area (Å²) in [4.78, 5) is 34.4. The average molecular weight is 430 g/mol. The van der Waals surface area contributed by atoms with Gasteiger partial charge >= 0.3 is 0 Å². The number of hydrazine groups is 1. The number of nitro groups is 1. The summed E-state index contributed by atoms with van der Waals surface area (Å²) in [5, 5.41) is 13.0. The molecule has 10 heteroatoms. The van der Waals surface area contributed by atoms with E-state index in [1.807, 2.05) is 12.1 Å². The van der Waals surface area contributed by atoms with Gasteiger partial charge in [0, 0.05) is 6.07 Å². The van der Waals surface area contributed by atoms with E-state index in [0.29, 0.717) is 11.7 Å². The first kappa shape index (κ1) is 22.8. The van der Waals surface area contributed by atoms with E-state index >= 15 is 0 Å². The molecule has 0 saturated heterocycles. The Balaban J connectivity index is 1.79. The topological polar surface area (TPSA) is 123 Å². The Kier molecular flexibility index (Phi) is 8.24. The summed E-state index contributed by atoms with van der Waals surface area (Å²) in [6.45, 7) is 3.98. The zero-order chi connectivity index (χ0) is 22.1. The Labute approximate surface area is 178 Å². The number of ether oxygens (including phenoxy) is 1. The van der Waals surface area contributed by atoms with E-state index in [1.165, 1.54) is 29.8 Å². The van der Waals surface area contributed by atoms with Crippen LogP contribution < -0.4 is 20.9 Å². The van der Waals surface area contributed by atoms with Crippen molar-refractivity contribution < 1.29 is 19.2 Å². The van der Waals surface area contributed by atoms with Gasteiger partial charge in [-0.1, -0.05) is 38.1 Å². The quantitative estimate of drug-likeness (QED) is 0.351. The first-order valence-corrected chi connectivity index (χ1v) is 9.59. The van der Waals surface area contributed by atoms with E-state index in [9.17, 15) is 19.7 Å². The maximum atomic E-state index is 12.2. The second-order valence-electron chi connectivity index (χ2n) is 6.40. The van der Waals surface area contributed by atoms with Crippen LogP contribution in [0.2, 0.25) is 0 Å². The fourth-order valence-corrected chi connectivity index (χ4v) is 2.61. The number of carbonyl (C=O) groups excluding carboxylic acids is 2. The van der Waals surface area contributed by atoms with Gasteiger partial charge in [-0.05, 0) is 48.3 Å². The minimum atomic E-state index is -0.772. The van der Waals surface area contributed by atoms with Gasteiger partial charge in [0.25, 0.3) is 17.5 Å². The molecule has 158 valence electrons. The van der Waals surface area contributed by atoms with Crippen molar-refractivity contribution in [1.82, 2.24) is 16.2 Å². The standard InChI is InChI=1S/C20H22N4O5S/c1-3-13(2)14-8-10-15(11-9-14)29-12-18(25)22-23-20(30)21-19(26)16-6-4-5-7-17(16)24(27)28/h4-11,13H,3,12H2,1-2H3,(H,22,25)(H2,21,23,26,30). The van der Waals surface area contributed by atoms with E-state index in [-0.39, 0.29) is 23.0 Å². The van der Waals surface area contributed by atoms with Gasteiger partial charge in [0.2, 0.25) is 0 Å². The van der Waals surface area contributed by atoms with Crippen molar-refractivity contribution in [2.75, 3.05) is 6.61 Å². The van der Waals surface area contributed by atoms with Crippen molar-refractivity contribution in [3.05, 3.63) is 69.8 Å². The third-order valence-electron chi connectivity index (χ3n) is 4.32. The van der Waals surface area contributed by atoms with E-state index < -0.39 is 16.7 Å². The molecular formula is C20H22N4O5S. The zero-order valence-electron chi connectivity index (χ0n) is 16.5. The predicted molar refractivity (Wildman–Crippen MR) is 115 cm³/mol. The van der Waals surface area contributed by atoms with Crippen LogP contribution in [-0.2, 0) is 4.79 Å². The van der Waals surface area contributed by atoms with Crippen LogP contribution in [0, 0.1) is 10.1 Å². The Morgan fingerprint density at radius 1 is 1.13 bits per heavy atom. The molecule has 30 heavy (non-hydrogen) atoms. The molecule has 2 aromatic carbocycles. The van der Waals surface area contributed by atoms with Gasteiger partial charge in [0.15, 0.2) is 11.7 Å². The third-order valence-corrected chi connectivity index (χ3v) is 4.52. The third kappa shape index (κ3) is 6.52. The lowest BCUT2D eigenvalue weighted by molar-refractivity contribution is -0.385. The summed E-state index contributed by atoms with van der Waals surface area (Å²) in [6.07, 6.45) is 1.03. The largest absolute Gasteiger partial charge is 0.484 e. The van der Waals surface area contributed by atoms with Gasteiger partial charge in [0.1, 0.15) is 11.3 Å². The Bertz CT molecular complexity index is 933. The van der Waals surface area contributed by atoms with Crippen LogP contribution >= 0.6 is 12.2 Å². The molecule has 0 fully saturated rings. The van der Waals surface area contributed by atoms with Crippen LogP contribution in [0.15, 0.2) is 48.5 Å². The maximum Gasteiger partial charge on any atom is 0.282 e. The fourth-order valence-electron chi connectivity index (χ4n) is 2.47. The lowest BCUT2D eigenvalue weighted by atomic mass is 9.99. The van der Waals surface area contributed by atoms with Gasteiger partial charge in [-0.3, -0.25) is 35.9 Å². The molecule has 9 nitrogen and oxygen atoms in total. The number of rotatable bonds is 7. The highest BCUT2D eigenvalue weighted by Crippen LogP contribution is 2.21. The molecule has 0 saturated carbocycles. The number of amides is 2. The molecule has 0 aromatic heterocycles. The van der Waals surface area contributed by atoms with Crippen molar-refractivity contribution in [1.29, 1.82) is 0 Å². The second kappa shape index (κ2) is 10.9. The van der Waals surface area contributed by atoms with E-state index in [4.69, 9.17) is 17.0 Å². The molecule has 2 rings (SSSR count). The van der Waals surface area contributed by atoms with Gasteiger partial charge < -0.3 is 4.74 Å². The molecular weight excluding hydrogens is 408 g/mol. The highest BCUT2D eigenvalue weighted by atomic mass is 32.1. The molecule has 0 radical (unpaired) electrons.